The van der Waals surface area contributed by atoms with Crippen molar-refractivity contribution in [2.24, 2.45) is 0 Å². The van der Waals surface area contributed by atoms with E-state index in [0.717, 1.165) is 11.8 Å². The predicted octanol–water partition coefficient (Wildman–Crippen LogP) is 4.70. The third-order valence-corrected chi connectivity index (χ3v) is 8.73. The second kappa shape index (κ2) is 15.1. The minimum Gasteiger partial charge on any atom is -0.486 e. The molecule has 2 atom stereocenters. The molecule has 1 N–H and O–H groups in total. The second-order valence-electron chi connectivity index (χ2n) is 10.9. The maximum atomic E-state index is 14.8. The maximum absolute atomic E-state index is 14.8. The lowest BCUT2D eigenvalue weighted by molar-refractivity contribution is -0.141. The van der Waals surface area contributed by atoms with Gasteiger partial charge in [-0.2, -0.15) is 0 Å². The molecule has 0 saturated carbocycles. The first-order valence-electron chi connectivity index (χ1n) is 14.8. The number of ether oxygens (including phenoxy) is 2. The van der Waals surface area contributed by atoms with Crippen molar-refractivity contribution in [2.75, 3.05) is 30.3 Å². The molecule has 2 amide bonds. The van der Waals surface area contributed by atoms with Crippen LogP contribution in [0.5, 0.6) is 11.5 Å². The Morgan fingerprint density at radius 2 is 1.66 bits per heavy atom. The summed E-state index contributed by atoms with van der Waals surface area (Å²) < 4.78 is 52.8. The predicted molar refractivity (Wildman–Crippen MR) is 168 cm³/mol. The fourth-order valence-electron chi connectivity index (χ4n) is 5.00. The van der Waals surface area contributed by atoms with Gasteiger partial charge in [0.15, 0.2) is 11.5 Å². The van der Waals surface area contributed by atoms with Gasteiger partial charge < -0.3 is 19.7 Å². The lowest BCUT2D eigenvalue weighted by Crippen LogP contribution is -2.52. The molecule has 0 radical (unpaired) electrons. The lowest BCUT2D eigenvalue weighted by Gasteiger charge is -2.33. The molecule has 9 nitrogen and oxygen atoms in total. The van der Waals surface area contributed by atoms with Gasteiger partial charge in [0.25, 0.3) is 0 Å². The van der Waals surface area contributed by atoms with Gasteiger partial charge in [0.2, 0.25) is 21.8 Å². The molecule has 1 aliphatic rings. The molecule has 0 aliphatic carbocycles. The van der Waals surface area contributed by atoms with E-state index in [0.29, 0.717) is 36.8 Å². The molecule has 0 aromatic heterocycles. The van der Waals surface area contributed by atoms with E-state index in [1.807, 2.05) is 44.2 Å². The molecule has 0 saturated heterocycles. The number of carbonyl (C=O) groups is 2. The number of anilines is 1. The first kappa shape index (κ1) is 32.8. The van der Waals surface area contributed by atoms with Gasteiger partial charge in [0.1, 0.15) is 25.1 Å². The number of rotatable bonds is 14. The SMILES string of the molecule is CC[C@H](C)NC(=O)[C@@H](Cc1ccccc1)N(Cc1ccccc1F)C(=O)CCCN(c1ccc2c(c1)OCCO2)S(C)(=O)=O. The van der Waals surface area contributed by atoms with Gasteiger partial charge in [-0.25, -0.2) is 12.8 Å². The van der Waals surface area contributed by atoms with Crippen LogP contribution in [0.2, 0.25) is 0 Å². The quantitative estimate of drug-likeness (QED) is 0.279. The summed E-state index contributed by atoms with van der Waals surface area (Å²) in [5.74, 6) is -0.211. The Morgan fingerprint density at radius 3 is 2.34 bits per heavy atom. The highest BCUT2D eigenvalue weighted by atomic mass is 32.2. The average Bonchev–Trinajstić information content (AvgIpc) is 3.01. The molecule has 0 spiro atoms. The van der Waals surface area contributed by atoms with E-state index < -0.39 is 21.9 Å². The number of benzene rings is 3. The summed E-state index contributed by atoms with van der Waals surface area (Å²) in [7, 11) is -3.71. The van der Waals surface area contributed by atoms with Gasteiger partial charge >= 0.3 is 0 Å². The van der Waals surface area contributed by atoms with Gasteiger partial charge in [-0.05, 0) is 43.5 Å². The first-order valence-corrected chi connectivity index (χ1v) is 16.7. The highest BCUT2D eigenvalue weighted by molar-refractivity contribution is 7.92. The Balaban J connectivity index is 1.59. The van der Waals surface area contributed by atoms with E-state index in [2.05, 4.69) is 5.32 Å². The Labute approximate surface area is 259 Å². The van der Waals surface area contributed by atoms with Gasteiger partial charge in [-0.3, -0.25) is 13.9 Å². The average molecular weight is 626 g/mol. The molecule has 1 aliphatic heterocycles. The van der Waals surface area contributed by atoms with Crippen molar-refractivity contribution in [3.05, 3.63) is 89.7 Å². The molecular weight excluding hydrogens is 585 g/mol. The summed E-state index contributed by atoms with van der Waals surface area (Å²) in [6.07, 6.45) is 2.14. The Kier molecular flexibility index (Phi) is 11.2. The zero-order valence-corrected chi connectivity index (χ0v) is 26.2. The minimum atomic E-state index is -3.71. The highest BCUT2D eigenvalue weighted by Crippen LogP contribution is 2.35. The number of nitrogens with one attached hydrogen (secondary N) is 1. The maximum Gasteiger partial charge on any atom is 0.243 e. The van der Waals surface area contributed by atoms with Crippen molar-refractivity contribution in [2.45, 2.75) is 58.2 Å². The van der Waals surface area contributed by atoms with Crippen molar-refractivity contribution in [1.82, 2.24) is 10.2 Å². The molecule has 0 fully saturated rings. The van der Waals surface area contributed by atoms with Crippen LogP contribution in [0.1, 0.15) is 44.2 Å². The van der Waals surface area contributed by atoms with Crippen LogP contribution in [0.3, 0.4) is 0 Å². The molecule has 0 unspecified atom stereocenters. The van der Waals surface area contributed by atoms with Gasteiger partial charge in [-0.15, -0.1) is 0 Å². The monoisotopic (exact) mass is 625 g/mol. The molecule has 3 aromatic rings. The zero-order chi connectivity index (χ0) is 31.7. The normalized spacial score (nSPS) is 13.9. The van der Waals surface area contributed by atoms with Gasteiger partial charge in [0.05, 0.1) is 11.9 Å². The number of sulfonamides is 1. The van der Waals surface area contributed by atoms with E-state index in [9.17, 15) is 22.4 Å². The summed E-state index contributed by atoms with van der Waals surface area (Å²) in [5, 5.41) is 2.99. The summed E-state index contributed by atoms with van der Waals surface area (Å²) in [6.45, 7) is 4.51. The molecule has 11 heteroatoms. The van der Waals surface area contributed by atoms with E-state index in [-0.39, 0.29) is 55.8 Å². The second-order valence-corrected chi connectivity index (χ2v) is 12.8. The molecule has 3 aromatic carbocycles. The van der Waals surface area contributed by atoms with Crippen LogP contribution >= 0.6 is 0 Å². The van der Waals surface area contributed by atoms with Crippen LogP contribution < -0.4 is 19.1 Å². The van der Waals surface area contributed by atoms with E-state index in [1.165, 1.54) is 15.3 Å². The number of hydrogen-bond donors (Lipinski definition) is 1. The topological polar surface area (TPSA) is 105 Å². The van der Waals surface area contributed by atoms with Crippen LogP contribution in [-0.2, 0) is 32.6 Å². The highest BCUT2D eigenvalue weighted by Gasteiger charge is 2.31. The van der Waals surface area contributed by atoms with E-state index >= 15 is 0 Å². The first-order chi connectivity index (χ1) is 21.1. The van der Waals surface area contributed by atoms with Crippen LogP contribution in [0.4, 0.5) is 10.1 Å². The molecule has 44 heavy (non-hydrogen) atoms. The number of nitrogens with zero attached hydrogens (tertiary/aromatic N) is 2. The number of fused-ring (bicyclic) bond motifs is 1. The van der Waals surface area contributed by atoms with Crippen molar-refractivity contribution >= 4 is 27.5 Å². The van der Waals surface area contributed by atoms with Gasteiger partial charge in [0, 0.05) is 43.6 Å². The van der Waals surface area contributed by atoms with Crippen molar-refractivity contribution in [3.8, 4) is 11.5 Å². The molecule has 1 heterocycles. The third-order valence-electron chi connectivity index (χ3n) is 7.54. The Morgan fingerprint density at radius 1 is 0.977 bits per heavy atom. The number of halogens is 1. The number of hydrogen-bond acceptors (Lipinski definition) is 6. The van der Waals surface area contributed by atoms with Gasteiger partial charge in [-0.1, -0.05) is 55.5 Å². The van der Waals surface area contributed by atoms with Crippen molar-refractivity contribution in [3.63, 3.8) is 0 Å². The molecular formula is C33H40FN3O6S. The largest absolute Gasteiger partial charge is 0.486 e. The number of amides is 2. The molecule has 236 valence electrons. The van der Waals surface area contributed by atoms with Crippen LogP contribution in [0, 0.1) is 5.82 Å². The summed E-state index contributed by atoms with van der Waals surface area (Å²) in [4.78, 5) is 29.0. The number of carbonyl (C=O) groups excluding carboxylic acids is 2. The van der Waals surface area contributed by atoms with Crippen LogP contribution in [0.25, 0.3) is 0 Å². The summed E-state index contributed by atoms with van der Waals surface area (Å²) in [6, 6.07) is 19.4. The lowest BCUT2D eigenvalue weighted by atomic mass is 10.0. The third kappa shape index (κ3) is 8.72. The molecule has 4 rings (SSSR count). The molecule has 0 bridgehead atoms. The van der Waals surface area contributed by atoms with E-state index in [1.54, 1.807) is 36.4 Å². The summed E-state index contributed by atoms with van der Waals surface area (Å²) >= 11 is 0. The van der Waals surface area contributed by atoms with Crippen molar-refractivity contribution in [1.29, 1.82) is 0 Å². The zero-order valence-electron chi connectivity index (χ0n) is 25.4. The smallest absolute Gasteiger partial charge is 0.243 e. The van der Waals surface area contributed by atoms with E-state index in [4.69, 9.17) is 9.47 Å². The fraction of sp³-hybridized carbons (Fsp3) is 0.394. The Hall–Kier alpha value is -4.12. The van der Waals surface area contributed by atoms with Crippen LogP contribution in [-0.4, -0.2) is 63.2 Å². The van der Waals surface area contributed by atoms with Crippen molar-refractivity contribution < 1.29 is 31.9 Å². The minimum absolute atomic E-state index is 0.0141. The standard InChI is InChI=1S/C33H40FN3O6S/c1-4-24(2)35-33(39)29(21-25-11-6-5-7-12-25)36(23-26-13-8-9-14-28(26)34)32(38)15-10-18-37(44(3,40)41)27-16-17-30-31(22-27)43-20-19-42-30/h5-9,11-14,16-17,22,24,29H,4,10,15,18-21,23H2,1-3H3,(H,35,39)/t24-,29+/m0/s1. The fourth-order valence-corrected chi connectivity index (χ4v) is 5.95. The van der Waals surface area contributed by atoms with Crippen LogP contribution in [0.15, 0.2) is 72.8 Å². The Bertz CT molecular complexity index is 1540. The summed E-state index contributed by atoms with van der Waals surface area (Å²) in [5.41, 5.74) is 1.52.